The van der Waals surface area contributed by atoms with Crippen molar-refractivity contribution in [3.05, 3.63) is 23.8 Å². The second-order valence-electron chi connectivity index (χ2n) is 5.57. The molecule has 1 aromatic rings. The van der Waals surface area contributed by atoms with Gasteiger partial charge in [0.25, 0.3) is 5.91 Å². The highest BCUT2D eigenvalue weighted by Gasteiger charge is 2.24. The molecule has 0 saturated heterocycles. The highest BCUT2D eigenvalue weighted by molar-refractivity contribution is 7.89. The van der Waals surface area contributed by atoms with Crippen LogP contribution in [-0.2, 0) is 14.8 Å². The Hall–Kier alpha value is -2.13. The van der Waals surface area contributed by atoms with Gasteiger partial charge in [-0.3, -0.25) is 9.59 Å². The van der Waals surface area contributed by atoms with Crippen molar-refractivity contribution in [1.82, 2.24) is 9.62 Å². The average Bonchev–Trinajstić information content (AvgIpc) is 2.51. The van der Waals surface area contributed by atoms with Gasteiger partial charge < -0.3 is 15.2 Å². The monoisotopic (exact) mass is 358 g/mol. The van der Waals surface area contributed by atoms with Gasteiger partial charge in [-0.15, -0.1) is 0 Å². The molecule has 9 heteroatoms. The van der Waals surface area contributed by atoms with Gasteiger partial charge in [0.2, 0.25) is 10.0 Å². The van der Waals surface area contributed by atoms with Gasteiger partial charge in [0.05, 0.1) is 7.11 Å². The van der Waals surface area contributed by atoms with Crippen molar-refractivity contribution in [3.63, 3.8) is 0 Å². The van der Waals surface area contributed by atoms with Gasteiger partial charge in [0.15, 0.2) is 0 Å². The first kappa shape index (κ1) is 19.9. The summed E-state index contributed by atoms with van der Waals surface area (Å²) in [6.07, 6.45) is -0.0663. The van der Waals surface area contributed by atoms with Gasteiger partial charge in [0, 0.05) is 32.6 Å². The highest BCUT2D eigenvalue weighted by atomic mass is 32.2. The minimum absolute atomic E-state index is 0.0663. The first-order valence-electron chi connectivity index (χ1n) is 7.20. The third-order valence-electron chi connectivity index (χ3n) is 3.32. The number of aliphatic carboxylic acids is 1. The molecule has 1 atom stereocenters. The Morgan fingerprint density at radius 1 is 1.33 bits per heavy atom. The Balaban J connectivity index is 3.01. The molecule has 134 valence electrons. The maximum Gasteiger partial charge on any atom is 0.303 e. The first-order valence-corrected chi connectivity index (χ1v) is 8.64. The third kappa shape index (κ3) is 4.93. The van der Waals surface area contributed by atoms with Crippen molar-refractivity contribution < 1.29 is 27.9 Å². The lowest BCUT2D eigenvalue weighted by Gasteiger charge is -2.16. The van der Waals surface area contributed by atoms with Crippen molar-refractivity contribution in [3.8, 4) is 5.75 Å². The number of carbonyl (C=O) groups is 2. The van der Waals surface area contributed by atoms with E-state index in [0.717, 1.165) is 4.31 Å². The van der Waals surface area contributed by atoms with E-state index in [9.17, 15) is 18.0 Å². The van der Waals surface area contributed by atoms with Crippen LogP contribution in [0.25, 0.3) is 0 Å². The van der Waals surface area contributed by atoms with Gasteiger partial charge in [-0.25, -0.2) is 12.7 Å². The minimum atomic E-state index is -3.77. The fraction of sp³-hybridized carbons (Fsp3) is 0.467. The zero-order valence-corrected chi connectivity index (χ0v) is 14.9. The van der Waals surface area contributed by atoms with E-state index in [0.29, 0.717) is 0 Å². The number of hydrogen-bond donors (Lipinski definition) is 2. The third-order valence-corrected chi connectivity index (χ3v) is 5.15. The second kappa shape index (κ2) is 8.11. The smallest absolute Gasteiger partial charge is 0.303 e. The molecule has 1 aromatic carbocycles. The molecule has 0 heterocycles. The molecule has 8 nitrogen and oxygen atoms in total. The summed E-state index contributed by atoms with van der Waals surface area (Å²) in [5.41, 5.74) is 0.152. The number of carboxylic acid groups (broad SMARTS) is 1. The number of nitrogens with zero attached hydrogens (tertiary/aromatic N) is 1. The minimum Gasteiger partial charge on any atom is -0.495 e. The van der Waals surface area contributed by atoms with Crippen LogP contribution in [0.15, 0.2) is 23.1 Å². The standard InChI is InChI=1S/C15H22N2O6S/c1-10(7-14(18)19)9-16-15(20)11-5-6-12(23-4)13(8-11)24(21,22)17(2)3/h5-6,8,10H,7,9H2,1-4H3,(H,16,20)(H,18,19). The number of carboxylic acids is 1. The molecule has 1 amide bonds. The van der Waals surface area contributed by atoms with Gasteiger partial charge in [0.1, 0.15) is 10.6 Å². The molecule has 0 aliphatic carbocycles. The summed E-state index contributed by atoms with van der Waals surface area (Å²) in [6, 6.07) is 4.10. The highest BCUT2D eigenvalue weighted by Crippen LogP contribution is 2.26. The summed E-state index contributed by atoms with van der Waals surface area (Å²) >= 11 is 0. The lowest BCUT2D eigenvalue weighted by atomic mass is 10.1. The Labute approximate surface area is 141 Å². The second-order valence-corrected chi connectivity index (χ2v) is 7.69. The Morgan fingerprint density at radius 2 is 1.96 bits per heavy atom. The number of benzene rings is 1. The molecule has 0 radical (unpaired) electrons. The van der Waals surface area contributed by atoms with Crippen LogP contribution in [0.4, 0.5) is 0 Å². The zero-order valence-electron chi connectivity index (χ0n) is 14.1. The van der Waals surface area contributed by atoms with Crippen LogP contribution >= 0.6 is 0 Å². The summed E-state index contributed by atoms with van der Waals surface area (Å²) in [7, 11) is 0.340. The number of methoxy groups -OCH3 is 1. The van der Waals surface area contributed by atoms with Crippen molar-refractivity contribution >= 4 is 21.9 Å². The van der Waals surface area contributed by atoms with Gasteiger partial charge in [-0.2, -0.15) is 0 Å². The lowest BCUT2D eigenvalue weighted by molar-refractivity contribution is -0.137. The molecule has 2 N–H and O–H groups in total. The molecule has 0 bridgehead atoms. The van der Waals surface area contributed by atoms with E-state index >= 15 is 0 Å². The molecule has 0 spiro atoms. The van der Waals surface area contributed by atoms with Gasteiger partial charge in [-0.05, 0) is 24.1 Å². The lowest BCUT2D eigenvalue weighted by Crippen LogP contribution is -2.29. The fourth-order valence-corrected chi connectivity index (χ4v) is 3.03. The predicted molar refractivity (Wildman–Crippen MR) is 87.6 cm³/mol. The maximum absolute atomic E-state index is 12.3. The number of amides is 1. The van der Waals surface area contributed by atoms with Crippen molar-refractivity contribution in [2.24, 2.45) is 5.92 Å². The van der Waals surface area contributed by atoms with E-state index in [1.807, 2.05) is 0 Å². The number of ether oxygens (including phenoxy) is 1. The van der Waals surface area contributed by atoms with E-state index in [-0.39, 0.29) is 35.1 Å². The van der Waals surface area contributed by atoms with Crippen LogP contribution < -0.4 is 10.1 Å². The number of nitrogens with one attached hydrogen (secondary N) is 1. The number of hydrogen-bond acceptors (Lipinski definition) is 5. The van der Waals surface area contributed by atoms with Crippen molar-refractivity contribution in [2.45, 2.75) is 18.2 Å². The summed E-state index contributed by atoms with van der Waals surface area (Å²) in [5.74, 6) is -1.53. The van der Waals surface area contributed by atoms with Gasteiger partial charge >= 0.3 is 5.97 Å². The molecule has 24 heavy (non-hydrogen) atoms. The van der Waals surface area contributed by atoms with Crippen LogP contribution in [0.1, 0.15) is 23.7 Å². The van der Waals surface area contributed by atoms with E-state index < -0.39 is 21.9 Å². The SMILES string of the molecule is COc1ccc(C(=O)NCC(C)CC(=O)O)cc1S(=O)(=O)N(C)C. The Bertz CT molecular complexity index is 715. The Morgan fingerprint density at radius 3 is 2.46 bits per heavy atom. The van der Waals surface area contributed by atoms with E-state index in [2.05, 4.69) is 5.32 Å². The largest absolute Gasteiger partial charge is 0.495 e. The number of rotatable bonds is 8. The number of sulfonamides is 1. The summed E-state index contributed by atoms with van der Waals surface area (Å²) in [6.45, 7) is 1.87. The first-order chi connectivity index (χ1) is 11.1. The van der Waals surface area contributed by atoms with Crippen LogP contribution in [0, 0.1) is 5.92 Å². The fourth-order valence-electron chi connectivity index (χ4n) is 1.96. The maximum atomic E-state index is 12.3. The molecule has 0 fully saturated rings. The van der Waals surface area contributed by atoms with E-state index in [4.69, 9.17) is 9.84 Å². The quantitative estimate of drug-likeness (QED) is 0.710. The summed E-state index contributed by atoms with van der Waals surface area (Å²) in [4.78, 5) is 22.7. The molecular formula is C15H22N2O6S. The molecule has 0 saturated carbocycles. The molecular weight excluding hydrogens is 336 g/mol. The van der Waals surface area contributed by atoms with Crippen LogP contribution in [0.5, 0.6) is 5.75 Å². The molecule has 1 unspecified atom stereocenters. The predicted octanol–water partition coefficient (Wildman–Crippen LogP) is 0.786. The summed E-state index contributed by atoms with van der Waals surface area (Å²) in [5, 5.41) is 11.3. The van der Waals surface area contributed by atoms with Crippen LogP contribution in [0.3, 0.4) is 0 Å². The van der Waals surface area contributed by atoms with Gasteiger partial charge in [-0.1, -0.05) is 6.92 Å². The molecule has 0 aromatic heterocycles. The molecule has 0 aliphatic rings. The average molecular weight is 358 g/mol. The normalized spacial score (nSPS) is 12.7. The van der Waals surface area contributed by atoms with Crippen molar-refractivity contribution in [2.75, 3.05) is 27.7 Å². The zero-order chi connectivity index (χ0) is 18.5. The van der Waals surface area contributed by atoms with Crippen LogP contribution in [0.2, 0.25) is 0 Å². The van der Waals surface area contributed by atoms with E-state index in [1.54, 1.807) is 6.92 Å². The van der Waals surface area contributed by atoms with E-state index in [1.165, 1.54) is 39.4 Å². The molecule has 1 rings (SSSR count). The summed E-state index contributed by atoms with van der Waals surface area (Å²) < 4.78 is 30.7. The Kier molecular flexibility index (Phi) is 6.73. The van der Waals surface area contributed by atoms with Crippen LogP contribution in [-0.4, -0.2) is 57.5 Å². The topological polar surface area (TPSA) is 113 Å². The van der Waals surface area contributed by atoms with Crippen molar-refractivity contribution in [1.29, 1.82) is 0 Å². The molecule has 0 aliphatic heterocycles. The number of carbonyl (C=O) groups excluding carboxylic acids is 1.